The van der Waals surface area contributed by atoms with Gasteiger partial charge in [-0.1, -0.05) is 71.9 Å². The summed E-state index contributed by atoms with van der Waals surface area (Å²) in [6.07, 6.45) is 3.65. The second-order valence-electron chi connectivity index (χ2n) is 23.6. The highest BCUT2D eigenvalue weighted by Gasteiger charge is 2.48. The molecule has 0 saturated carbocycles. The van der Waals surface area contributed by atoms with Gasteiger partial charge in [-0.15, -0.1) is 0 Å². The van der Waals surface area contributed by atoms with Crippen LogP contribution in [-0.2, 0) is 41.6 Å². The average molecular weight is 1080 g/mol. The van der Waals surface area contributed by atoms with Gasteiger partial charge in [-0.2, -0.15) is 0 Å². The molecule has 8 N–H and O–H groups in total. The van der Waals surface area contributed by atoms with Crippen LogP contribution >= 0.6 is 0 Å². The zero-order valence-corrected chi connectivity index (χ0v) is 46.5. The summed E-state index contributed by atoms with van der Waals surface area (Å²) in [5.41, 5.74) is 0.941. The molecule has 18 nitrogen and oxygen atoms in total. The van der Waals surface area contributed by atoms with E-state index in [-0.39, 0.29) is 37.1 Å². The van der Waals surface area contributed by atoms with E-state index in [9.17, 15) is 38.4 Å². The maximum atomic E-state index is 15.3. The third-order valence-corrected chi connectivity index (χ3v) is 15.8. The molecule has 3 aromatic carbocycles. The van der Waals surface area contributed by atoms with Crippen molar-refractivity contribution in [1.82, 2.24) is 52.3 Å². The molecule has 2 fully saturated rings. The number of benzene rings is 3. The SMILES string of the molecule is CNC(C)C(=O)NC(C(=O)N1CC(NC(=O)c2cccc(C(=O)NC3CC(C(=O)NC4CCCc5cccc(F)c54)N(C(=O)C(NC(=O)C(C)NC)C(C)(C)C)C3)c2)CC1C(=O)NC1CCCc2cccc(F)c21)C(C)(C)C. The van der Waals surface area contributed by atoms with Gasteiger partial charge in [0.05, 0.1) is 24.2 Å². The first-order chi connectivity index (χ1) is 36.8. The lowest BCUT2D eigenvalue weighted by atomic mass is 9.85. The first kappa shape index (κ1) is 58.9. The summed E-state index contributed by atoms with van der Waals surface area (Å²) in [7, 11) is 3.24. The molecule has 78 heavy (non-hydrogen) atoms. The van der Waals surface area contributed by atoms with Crippen molar-refractivity contribution in [3.8, 4) is 0 Å². The minimum atomic E-state index is -1.11. The molecule has 0 radical (unpaired) electrons. The molecule has 4 aliphatic rings. The molecule has 20 heteroatoms. The predicted octanol–water partition coefficient (Wildman–Crippen LogP) is 4.03. The molecule has 0 bridgehead atoms. The molecule has 10 atom stereocenters. The van der Waals surface area contributed by atoms with Crippen molar-refractivity contribution in [3.63, 3.8) is 0 Å². The van der Waals surface area contributed by atoms with Crippen LogP contribution in [0.5, 0.6) is 0 Å². The van der Waals surface area contributed by atoms with E-state index in [1.807, 2.05) is 12.1 Å². The highest BCUT2D eigenvalue weighted by atomic mass is 19.1. The molecular formula is C58H78F2N10O8. The number of fused-ring (bicyclic) bond motifs is 2. The molecule has 2 saturated heterocycles. The molecule has 8 amide bonds. The molecule has 3 aromatic rings. The highest BCUT2D eigenvalue weighted by molar-refractivity contribution is 6.01. The van der Waals surface area contributed by atoms with Crippen molar-refractivity contribution in [1.29, 1.82) is 0 Å². The smallest absolute Gasteiger partial charge is 0.251 e. The van der Waals surface area contributed by atoms with Crippen LogP contribution in [0.2, 0.25) is 0 Å². The number of likely N-dealkylation sites (tertiary alicyclic amines) is 2. The van der Waals surface area contributed by atoms with Crippen molar-refractivity contribution in [2.24, 2.45) is 10.8 Å². The van der Waals surface area contributed by atoms with Crippen LogP contribution < -0.4 is 42.5 Å². The standard InChI is InChI=1S/C58H78F2N10O8/c1-31(61-9)49(71)67-47(57(3,4)5)55(77)69-29-37(27-43(69)53(75)65-41-24-14-18-33-16-12-22-39(59)45(33)41)63-51(73)35-20-11-21-36(26-35)52(74)64-38-28-44(54(76)66-42-25-15-19-34-17-13-23-40(60)46(34)42)70(30-38)56(78)48(58(6,7)8)68-50(72)32(2)62-10/h11-13,16-17,20-23,26,31-32,37-38,41-44,47-48,61-62H,14-15,18-19,24-25,27-30H2,1-10H3,(H,63,73)(H,64,74)(H,65,75)(H,66,76)(H,67,71)(H,68,72). The van der Waals surface area contributed by atoms with Crippen LogP contribution in [0, 0.1) is 22.5 Å². The second kappa shape index (κ2) is 24.5. The molecular weight excluding hydrogens is 1000 g/mol. The quantitative estimate of drug-likeness (QED) is 0.103. The number of nitrogens with one attached hydrogen (secondary N) is 8. The van der Waals surface area contributed by atoms with Gasteiger partial charge >= 0.3 is 0 Å². The van der Waals surface area contributed by atoms with E-state index < -0.39 is 130 Å². The van der Waals surface area contributed by atoms with E-state index in [0.717, 1.165) is 11.1 Å². The number of likely N-dealkylation sites (N-methyl/N-ethyl adjacent to an activating group) is 2. The molecule has 0 aromatic heterocycles. The van der Waals surface area contributed by atoms with Gasteiger partial charge in [0.1, 0.15) is 35.8 Å². The third kappa shape index (κ3) is 13.4. The number of rotatable bonds is 16. The largest absolute Gasteiger partial charge is 0.347 e. The Hall–Kier alpha value is -6.80. The van der Waals surface area contributed by atoms with Crippen LogP contribution in [-0.4, -0.2) is 133 Å². The van der Waals surface area contributed by atoms with E-state index in [2.05, 4.69) is 42.5 Å². The zero-order chi connectivity index (χ0) is 57.0. The lowest BCUT2D eigenvalue weighted by Gasteiger charge is -2.36. The number of hydrogen-bond acceptors (Lipinski definition) is 10. The number of nitrogens with zero attached hydrogens (tertiary/aromatic N) is 2. The van der Waals surface area contributed by atoms with Crippen LogP contribution in [0.3, 0.4) is 0 Å². The van der Waals surface area contributed by atoms with Gasteiger partial charge in [0, 0.05) is 47.4 Å². The van der Waals surface area contributed by atoms with Crippen LogP contribution in [0.15, 0.2) is 60.7 Å². The Labute approximate surface area is 456 Å². The summed E-state index contributed by atoms with van der Waals surface area (Å²) in [5, 5.41) is 23.4. The van der Waals surface area contributed by atoms with Gasteiger partial charge < -0.3 is 52.3 Å². The van der Waals surface area contributed by atoms with Crippen molar-refractivity contribution < 1.29 is 47.1 Å². The Morgan fingerprint density at radius 3 is 1.28 bits per heavy atom. The third-order valence-electron chi connectivity index (χ3n) is 15.8. The number of carbonyl (C=O) groups is 8. The summed E-state index contributed by atoms with van der Waals surface area (Å²) in [4.78, 5) is 116. The minimum Gasteiger partial charge on any atom is -0.347 e. The summed E-state index contributed by atoms with van der Waals surface area (Å²) in [6, 6.07) is 7.07. The maximum Gasteiger partial charge on any atom is 0.251 e. The molecule has 0 spiro atoms. The van der Waals surface area contributed by atoms with Crippen molar-refractivity contribution >= 4 is 47.3 Å². The van der Waals surface area contributed by atoms with Gasteiger partial charge in [0.15, 0.2) is 0 Å². The monoisotopic (exact) mass is 1080 g/mol. The lowest BCUT2D eigenvalue weighted by molar-refractivity contribution is -0.144. The number of carbonyl (C=O) groups excluding carboxylic acids is 8. The first-order valence-electron chi connectivity index (χ1n) is 27.2. The van der Waals surface area contributed by atoms with E-state index in [1.54, 1.807) is 81.6 Å². The van der Waals surface area contributed by atoms with Crippen LogP contribution in [0.1, 0.15) is 149 Å². The summed E-state index contributed by atoms with van der Waals surface area (Å²) in [5.74, 6) is -5.08. The minimum absolute atomic E-state index is 0.0137. The fourth-order valence-corrected chi connectivity index (χ4v) is 11.1. The average Bonchev–Trinajstić information content (AvgIpc) is 4.11. The van der Waals surface area contributed by atoms with Gasteiger partial charge in [-0.25, -0.2) is 8.78 Å². The molecule has 7 rings (SSSR count). The Morgan fingerprint density at radius 1 is 0.551 bits per heavy atom. The van der Waals surface area contributed by atoms with Gasteiger partial charge in [0.2, 0.25) is 35.4 Å². The van der Waals surface area contributed by atoms with E-state index >= 15 is 8.78 Å². The molecule has 2 aliphatic carbocycles. The summed E-state index contributed by atoms with van der Waals surface area (Å²) in [6.45, 7) is 13.9. The number of amides is 8. The van der Waals surface area contributed by atoms with Crippen molar-refractivity contribution in [2.45, 2.75) is 167 Å². The lowest BCUT2D eigenvalue weighted by Crippen LogP contribution is -2.59. The second-order valence-corrected chi connectivity index (χ2v) is 23.6. The molecule has 2 aliphatic heterocycles. The fraction of sp³-hybridized carbons (Fsp3) is 0.552. The van der Waals surface area contributed by atoms with Crippen LogP contribution in [0.25, 0.3) is 0 Å². The number of hydrogen-bond donors (Lipinski definition) is 8. The molecule has 422 valence electrons. The fourth-order valence-electron chi connectivity index (χ4n) is 11.1. The van der Waals surface area contributed by atoms with E-state index in [0.29, 0.717) is 49.7 Å². The molecule has 2 heterocycles. The van der Waals surface area contributed by atoms with Crippen LogP contribution in [0.4, 0.5) is 8.78 Å². The maximum absolute atomic E-state index is 15.3. The van der Waals surface area contributed by atoms with E-state index in [1.165, 1.54) is 46.2 Å². The Bertz CT molecular complexity index is 2600. The van der Waals surface area contributed by atoms with Gasteiger partial charge in [-0.3, -0.25) is 38.4 Å². The first-order valence-corrected chi connectivity index (χ1v) is 27.2. The van der Waals surface area contributed by atoms with Gasteiger partial charge in [0.25, 0.3) is 11.8 Å². The number of aryl methyl sites for hydroxylation is 2. The normalized spacial score (nSPS) is 22.6. The summed E-state index contributed by atoms with van der Waals surface area (Å²) >= 11 is 0. The van der Waals surface area contributed by atoms with Gasteiger partial charge in [-0.05, 0) is 132 Å². The van der Waals surface area contributed by atoms with Crippen molar-refractivity contribution in [2.75, 3.05) is 27.2 Å². The Morgan fingerprint density at radius 2 is 0.923 bits per heavy atom. The highest BCUT2D eigenvalue weighted by Crippen LogP contribution is 2.35. The zero-order valence-electron chi connectivity index (χ0n) is 46.5. The topological polar surface area (TPSA) is 239 Å². The Kier molecular flexibility index (Phi) is 18.5. The van der Waals surface area contributed by atoms with E-state index in [4.69, 9.17) is 0 Å². The molecule has 10 unspecified atom stereocenters. The summed E-state index contributed by atoms with van der Waals surface area (Å²) < 4.78 is 30.6. The predicted molar refractivity (Wildman–Crippen MR) is 289 cm³/mol. The number of halogens is 2. The Balaban J connectivity index is 1.10. The van der Waals surface area contributed by atoms with Crippen molar-refractivity contribution in [3.05, 3.63) is 106 Å².